The Labute approximate surface area is 116 Å². The van der Waals surface area contributed by atoms with Crippen LogP contribution in [-0.2, 0) is 4.74 Å². The molecule has 0 aliphatic carbocycles. The third-order valence-electron chi connectivity index (χ3n) is 2.54. The van der Waals surface area contributed by atoms with Crippen LogP contribution < -0.4 is 15.4 Å². The van der Waals surface area contributed by atoms with Crippen molar-refractivity contribution in [3.05, 3.63) is 23.8 Å². The van der Waals surface area contributed by atoms with E-state index in [1.54, 1.807) is 19.9 Å². The molecule has 5 nitrogen and oxygen atoms in total. The van der Waals surface area contributed by atoms with E-state index in [-0.39, 0.29) is 11.8 Å². The maximum Gasteiger partial charge on any atom is 0.387 e. The van der Waals surface area contributed by atoms with Crippen molar-refractivity contribution in [1.82, 2.24) is 5.32 Å². The summed E-state index contributed by atoms with van der Waals surface area (Å²) in [5.41, 5.74) is 0.840. The van der Waals surface area contributed by atoms with Gasteiger partial charge in [-0.25, -0.2) is 4.79 Å². The second-order valence-electron chi connectivity index (χ2n) is 4.26. The number of benzene rings is 1. The second-order valence-corrected chi connectivity index (χ2v) is 4.26. The van der Waals surface area contributed by atoms with E-state index < -0.39 is 12.6 Å². The van der Waals surface area contributed by atoms with Crippen molar-refractivity contribution in [2.45, 2.75) is 26.5 Å². The summed E-state index contributed by atoms with van der Waals surface area (Å²) < 4.78 is 33.7. The van der Waals surface area contributed by atoms with Gasteiger partial charge >= 0.3 is 12.6 Å². The maximum absolute atomic E-state index is 12.2. The predicted molar refractivity (Wildman–Crippen MR) is 71.3 cm³/mol. The molecule has 1 aromatic carbocycles. The minimum atomic E-state index is -2.90. The van der Waals surface area contributed by atoms with Gasteiger partial charge in [-0.1, -0.05) is 6.07 Å². The highest BCUT2D eigenvalue weighted by Crippen LogP contribution is 2.26. The van der Waals surface area contributed by atoms with Gasteiger partial charge in [0.2, 0.25) is 0 Å². The number of carbonyl (C=O) groups excluding carboxylic acids is 1. The minimum absolute atomic E-state index is 0.0303. The molecule has 0 aliphatic heterocycles. The highest BCUT2D eigenvalue weighted by Gasteiger charge is 2.12. The number of hydrogen-bond donors (Lipinski definition) is 2. The Morgan fingerprint density at radius 1 is 1.40 bits per heavy atom. The molecule has 1 atom stereocenters. The SMILES string of the molecule is COC[C@H](C)NC(=O)Nc1cccc(OC(F)F)c1C. The summed E-state index contributed by atoms with van der Waals surface area (Å²) in [6, 6.07) is 3.94. The average Bonchev–Trinajstić information content (AvgIpc) is 2.33. The van der Waals surface area contributed by atoms with Crippen molar-refractivity contribution in [2.24, 2.45) is 0 Å². The van der Waals surface area contributed by atoms with E-state index in [9.17, 15) is 13.6 Å². The van der Waals surface area contributed by atoms with E-state index in [4.69, 9.17) is 4.74 Å². The molecule has 0 saturated carbocycles. The Morgan fingerprint density at radius 2 is 2.10 bits per heavy atom. The van der Waals surface area contributed by atoms with E-state index >= 15 is 0 Å². The lowest BCUT2D eigenvalue weighted by Crippen LogP contribution is -2.38. The fraction of sp³-hybridized carbons (Fsp3) is 0.462. The smallest absolute Gasteiger partial charge is 0.387 e. The van der Waals surface area contributed by atoms with E-state index in [0.717, 1.165) is 0 Å². The first-order valence-electron chi connectivity index (χ1n) is 6.05. The molecule has 2 N–H and O–H groups in total. The predicted octanol–water partition coefficient (Wildman–Crippen LogP) is 2.75. The quantitative estimate of drug-likeness (QED) is 0.846. The molecule has 0 aliphatic rings. The Balaban J connectivity index is 2.70. The standard InChI is InChI=1S/C13H18F2N2O3/c1-8(7-19-3)16-13(18)17-10-5-4-6-11(9(10)2)20-12(14)15/h4-6,8,12H,7H2,1-3H3,(H2,16,17,18)/t8-/m0/s1. The molecule has 20 heavy (non-hydrogen) atoms. The molecular formula is C13H18F2N2O3. The van der Waals surface area contributed by atoms with Crippen LogP contribution in [0.25, 0.3) is 0 Å². The number of amides is 2. The lowest BCUT2D eigenvalue weighted by molar-refractivity contribution is -0.0502. The summed E-state index contributed by atoms with van der Waals surface area (Å²) in [7, 11) is 1.53. The lowest BCUT2D eigenvalue weighted by Gasteiger charge is -2.16. The lowest BCUT2D eigenvalue weighted by atomic mass is 10.2. The number of ether oxygens (including phenoxy) is 2. The van der Waals surface area contributed by atoms with E-state index in [1.807, 2.05) is 0 Å². The zero-order valence-electron chi connectivity index (χ0n) is 11.6. The first-order valence-corrected chi connectivity index (χ1v) is 6.05. The number of alkyl halides is 2. The topological polar surface area (TPSA) is 59.6 Å². The van der Waals surface area contributed by atoms with Crippen molar-refractivity contribution >= 4 is 11.7 Å². The van der Waals surface area contributed by atoms with Crippen LogP contribution in [-0.4, -0.2) is 32.4 Å². The Bertz CT molecular complexity index is 455. The molecule has 1 aromatic rings. The number of carbonyl (C=O) groups is 1. The average molecular weight is 288 g/mol. The molecule has 2 amide bonds. The number of nitrogens with one attached hydrogen (secondary N) is 2. The first-order chi connectivity index (χ1) is 9.43. The third-order valence-corrected chi connectivity index (χ3v) is 2.54. The summed E-state index contributed by atoms with van der Waals surface area (Å²) in [4.78, 5) is 11.7. The van der Waals surface area contributed by atoms with Crippen LogP contribution in [0.15, 0.2) is 18.2 Å². The van der Waals surface area contributed by atoms with Crippen molar-refractivity contribution in [3.8, 4) is 5.75 Å². The zero-order chi connectivity index (χ0) is 15.1. The van der Waals surface area contributed by atoms with Gasteiger partial charge in [-0.15, -0.1) is 0 Å². The molecule has 0 fully saturated rings. The van der Waals surface area contributed by atoms with Gasteiger partial charge in [-0.3, -0.25) is 0 Å². The van der Waals surface area contributed by atoms with Crippen LogP contribution >= 0.6 is 0 Å². The van der Waals surface area contributed by atoms with Crippen LogP contribution in [0.1, 0.15) is 12.5 Å². The van der Waals surface area contributed by atoms with Crippen LogP contribution in [0.4, 0.5) is 19.3 Å². The Kier molecular flexibility index (Phi) is 6.17. The van der Waals surface area contributed by atoms with E-state index in [2.05, 4.69) is 15.4 Å². The normalized spacial score (nSPS) is 12.1. The molecule has 0 unspecified atom stereocenters. The van der Waals surface area contributed by atoms with Crippen LogP contribution in [0.5, 0.6) is 5.75 Å². The van der Waals surface area contributed by atoms with Crippen LogP contribution in [0, 0.1) is 6.92 Å². The molecule has 7 heteroatoms. The van der Waals surface area contributed by atoms with Crippen molar-refractivity contribution < 1.29 is 23.0 Å². The molecule has 0 saturated heterocycles. The first kappa shape index (κ1) is 16.2. The number of halogens is 2. The summed E-state index contributed by atoms with van der Waals surface area (Å²) in [5, 5.41) is 5.24. The molecule has 112 valence electrons. The number of urea groups is 1. The number of hydrogen-bond acceptors (Lipinski definition) is 3. The minimum Gasteiger partial charge on any atom is -0.434 e. The summed E-state index contributed by atoms with van der Waals surface area (Å²) in [6.07, 6.45) is 0. The highest BCUT2D eigenvalue weighted by molar-refractivity contribution is 5.90. The molecule has 0 radical (unpaired) electrons. The number of methoxy groups -OCH3 is 1. The van der Waals surface area contributed by atoms with Gasteiger partial charge < -0.3 is 20.1 Å². The van der Waals surface area contributed by atoms with Gasteiger partial charge in [0.15, 0.2) is 0 Å². The zero-order valence-corrected chi connectivity index (χ0v) is 11.6. The van der Waals surface area contributed by atoms with Crippen molar-refractivity contribution in [1.29, 1.82) is 0 Å². The summed E-state index contributed by atoms with van der Waals surface area (Å²) in [5.74, 6) is 0.0303. The Hall–Kier alpha value is -1.89. The molecule has 0 aromatic heterocycles. The largest absolute Gasteiger partial charge is 0.434 e. The molecule has 0 heterocycles. The van der Waals surface area contributed by atoms with Gasteiger partial charge in [0.05, 0.1) is 12.6 Å². The highest BCUT2D eigenvalue weighted by atomic mass is 19.3. The molecular weight excluding hydrogens is 270 g/mol. The van der Waals surface area contributed by atoms with Crippen LogP contribution in [0.2, 0.25) is 0 Å². The fourth-order valence-corrected chi connectivity index (χ4v) is 1.65. The Morgan fingerprint density at radius 3 is 2.70 bits per heavy atom. The molecule has 0 bridgehead atoms. The molecule has 1 rings (SSSR count). The summed E-state index contributed by atoms with van der Waals surface area (Å²) >= 11 is 0. The van der Waals surface area contributed by atoms with Gasteiger partial charge in [0.1, 0.15) is 5.75 Å². The van der Waals surface area contributed by atoms with Crippen LogP contribution in [0.3, 0.4) is 0 Å². The summed E-state index contributed by atoms with van der Waals surface area (Å²) in [6.45, 7) is 0.846. The number of rotatable bonds is 6. The van der Waals surface area contributed by atoms with Gasteiger partial charge in [0, 0.05) is 18.4 Å². The van der Waals surface area contributed by atoms with Crippen molar-refractivity contribution in [2.75, 3.05) is 19.0 Å². The van der Waals surface area contributed by atoms with Gasteiger partial charge in [-0.2, -0.15) is 8.78 Å². The van der Waals surface area contributed by atoms with E-state index in [0.29, 0.717) is 17.9 Å². The van der Waals surface area contributed by atoms with Gasteiger partial charge in [0.25, 0.3) is 0 Å². The monoisotopic (exact) mass is 288 g/mol. The van der Waals surface area contributed by atoms with E-state index in [1.165, 1.54) is 19.2 Å². The third kappa shape index (κ3) is 5.00. The number of anilines is 1. The van der Waals surface area contributed by atoms with Crippen molar-refractivity contribution in [3.63, 3.8) is 0 Å². The second kappa shape index (κ2) is 7.64. The van der Waals surface area contributed by atoms with Gasteiger partial charge in [-0.05, 0) is 26.0 Å². The molecule has 0 spiro atoms. The fourth-order valence-electron chi connectivity index (χ4n) is 1.65. The maximum atomic E-state index is 12.2.